The topological polar surface area (TPSA) is 333 Å². The molecule has 3 heterocycles. The molecule has 2 aromatic heterocycles. The number of aliphatic hydroxyl groups excluding tert-OH is 1. The highest BCUT2D eigenvalue weighted by atomic mass is 31.3. The van der Waals surface area contributed by atoms with Crippen molar-refractivity contribution in [3.8, 4) is 11.8 Å². The molecule has 1 fully saturated rings. The van der Waals surface area contributed by atoms with E-state index in [2.05, 4.69) is 50.3 Å². The van der Waals surface area contributed by atoms with Crippen LogP contribution in [0.15, 0.2) is 17.6 Å². The number of nitrogens with two attached hydrogens (primary N) is 1. The van der Waals surface area contributed by atoms with Gasteiger partial charge in [-0.2, -0.15) is 8.62 Å². The third kappa shape index (κ3) is 9.54. The summed E-state index contributed by atoms with van der Waals surface area (Å²) in [5.41, 5.74) is 15.2. The molecule has 3 rings (SSSR count). The minimum atomic E-state index is -5.75. The Labute approximate surface area is 234 Å². The first-order chi connectivity index (χ1) is 19.6. The Morgan fingerprint density at radius 2 is 2.00 bits per heavy atom. The third-order valence-electron chi connectivity index (χ3n) is 5.10. The molecule has 0 aromatic carbocycles. The number of anilines is 1. The van der Waals surface area contributed by atoms with E-state index in [0.717, 1.165) is 0 Å². The number of fused-ring (bicyclic) bond motifs is 1. The molecule has 1 aliphatic rings. The van der Waals surface area contributed by atoms with Crippen LogP contribution < -0.4 is 11.1 Å². The van der Waals surface area contributed by atoms with Gasteiger partial charge >= 0.3 is 23.5 Å². The summed E-state index contributed by atoms with van der Waals surface area (Å²) in [4.78, 5) is 58.4. The SMILES string of the molecule is [N-]=[N+]=NCOC1CC(n2cc(C#CCNC(=O)CO)c3c(N)ncnc32)OC1COP(=O)(O)OP(=O)(O)OP(=O)(O)O. The van der Waals surface area contributed by atoms with Crippen LogP contribution in [0.5, 0.6) is 0 Å². The zero-order valence-corrected chi connectivity index (χ0v) is 23.6. The van der Waals surface area contributed by atoms with Gasteiger partial charge in [0.15, 0.2) is 0 Å². The van der Waals surface area contributed by atoms with Gasteiger partial charge in [-0.25, -0.2) is 23.7 Å². The van der Waals surface area contributed by atoms with E-state index < -0.39 is 67.8 Å². The van der Waals surface area contributed by atoms with Crippen LogP contribution in [0.4, 0.5) is 5.82 Å². The van der Waals surface area contributed by atoms with Crippen LogP contribution in [0.25, 0.3) is 21.5 Å². The molecule has 230 valence electrons. The molecule has 5 unspecified atom stereocenters. The van der Waals surface area contributed by atoms with Gasteiger partial charge in [-0.15, -0.1) is 0 Å². The zero-order valence-electron chi connectivity index (χ0n) is 20.9. The number of hydrogen-bond acceptors (Lipinski definition) is 14. The summed E-state index contributed by atoms with van der Waals surface area (Å²) < 4.78 is 59.5. The molecule has 5 atom stereocenters. The van der Waals surface area contributed by atoms with Gasteiger partial charge in [0, 0.05) is 17.5 Å². The Morgan fingerprint density at radius 3 is 2.67 bits per heavy atom. The lowest BCUT2D eigenvalue weighted by atomic mass is 10.2. The fourth-order valence-electron chi connectivity index (χ4n) is 3.58. The van der Waals surface area contributed by atoms with Gasteiger partial charge in [0.2, 0.25) is 5.91 Å². The van der Waals surface area contributed by atoms with Crippen molar-refractivity contribution in [1.29, 1.82) is 0 Å². The van der Waals surface area contributed by atoms with Crippen molar-refractivity contribution < 1.29 is 65.8 Å². The Hall–Kier alpha value is -2.95. The molecule has 1 amide bonds. The van der Waals surface area contributed by atoms with Gasteiger partial charge in [-0.05, 0) is 5.53 Å². The van der Waals surface area contributed by atoms with Crippen LogP contribution >= 0.6 is 23.5 Å². The third-order valence-corrected chi connectivity index (χ3v) is 8.90. The van der Waals surface area contributed by atoms with E-state index in [1.807, 2.05) is 0 Å². The highest BCUT2D eigenvalue weighted by molar-refractivity contribution is 7.66. The van der Waals surface area contributed by atoms with Crippen LogP contribution in [0.2, 0.25) is 0 Å². The van der Waals surface area contributed by atoms with Crippen LogP contribution in [-0.2, 0) is 41.1 Å². The highest BCUT2D eigenvalue weighted by Crippen LogP contribution is 2.66. The summed E-state index contributed by atoms with van der Waals surface area (Å²) in [5, 5.41) is 14.7. The van der Waals surface area contributed by atoms with Crippen LogP contribution in [0, 0.1) is 11.8 Å². The molecule has 2 aromatic rings. The molecule has 0 aliphatic carbocycles. The van der Waals surface area contributed by atoms with Gasteiger partial charge in [0.05, 0.1) is 30.2 Å². The standard InChI is InChI=1S/C17H23N8O14P3/c18-16-15-10(2-1-3-20-13(27)6-26)5-25(17(15)22-8-21-16)14-4-11(35-9-23-24-19)12(37-14)7-36-41(31,32)39-42(33,34)38-40(28,29)30/h5,8,11-12,14,26H,3-4,6-7,9H2,(H,20,27)(H,31,32)(H,33,34)(H2,18,21,22)(H2,28,29,30). The lowest BCUT2D eigenvalue weighted by molar-refractivity contribution is -0.123. The molecule has 0 saturated carbocycles. The molecular weight excluding hydrogens is 633 g/mol. The Balaban J connectivity index is 1.84. The number of ether oxygens (including phenoxy) is 2. The number of nitrogen functional groups attached to an aromatic ring is 1. The summed E-state index contributed by atoms with van der Waals surface area (Å²) in [5.74, 6) is 4.91. The largest absolute Gasteiger partial charge is 0.490 e. The van der Waals surface area contributed by atoms with E-state index in [0.29, 0.717) is 10.9 Å². The summed E-state index contributed by atoms with van der Waals surface area (Å²) in [7, 11) is -16.8. The normalized spacial score (nSPS) is 21.5. The van der Waals surface area contributed by atoms with Crippen LogP contribution in [0.1, 0.15) is 18.2 Å². The zero-order chi connectivity index (χ0) is 31.1. The Kier molecular flexibility index (Phi) is 11.2. The first-order valence-corrected chi connectivity index (χ1v) is 15.7. The number of phosphoric acid groups is 3. The van der Waals surface area contributed by atoms with E-state index in [1.165, 1.54) is 17.1 Å². The van der Waals surface area contributed by atoms with Crippen molar-refractivity contribution >= 4 is 46.2 Å². The van der Waals surface area contributed by atoms with Crippen LogP contribution in [0.3, 0.4) is 0 Å². The summed E-state index contributed by atoms with van der Waals surface area (Å²) >= 11 is 0. The van der Waals surface area contributed by atoms with Crippen molar-refractivity contribution in [1.82, 2.24) is 19.9 Å². The number of amides is 1. The van der Waals surface area contributed by atoms with Gasteiger partial charge in [-0.3, -0.25) is 9.32 Å². The lowest BCUT2D eigenvalue weighted by Gasteiger charge is -2.21. The Morgan fingerprint density at radius 1 is 1.26 bits per heavy atom. The number of carbonyl (C=O) groups excluding carboxylic acids is 1. The maximum atomic E-state index is 12.2. The molecule has 8 N–H and O–H groups in total. The van der Waals surface area contributed by atoms with Crippen molar-refractivity contribution in [3.05, 3.63) is 28.5 Å². The minimum absolute atomic E-state index is 0.00150. The fraction of sp³-hybridized carbons (Fsp3) is 0.471. The quantitative estimate of drug-likeness (QED) is 0.0480. The highest BCUT2D eigenvalue weighted by Gasteiger charge is 2.43. The second kappa shape index (κ2) is 14.0. The first-order valence-electron chi connectivity index (χ1n) is 11.2. The van der Waals surface area contributed by atoms with Crippen molar-refractivity contribution in [2.45, 2.75) is 24.9 Å². The maximum absolute atomic E-state index is 12.2. The molecule has 1 aliphatic heterocycles. The molecule has 25 heteroatoms. The minimum Gasteiger partial charge on any atom is -0.387 e. The van der Waals surface area contributed by atoms with E-state index in [1.54, 1.807) is 0 Å². The van der Waals surface area contributed by atoms with Crippen molar-refractivity contribution in [2.75, 3.05) is 32.2 Å². The number of hydrogen-bond donors (Lipinski definition) is 7. The molecule has 0 spiro atoms. The monoisotopic (exact) mass is 656 g/mol. The average molecular weight is 656 g/mol. The number of aromatic nitrogens is 3. The van der Waals surface area contributed by atoms with Gasteiger partial charge in [0.25, 0.3) is 0 Å². The second-order valence-electron chi connectivity index (χ2n) is 7.96. The molecule has 22 nitrogen and oxygen atoms in total. The molecule has 0 bridgehead atoms. The molecule has 1 saturated heterocycles. The number of aliphatic hydroxyl groups is 1. The summed E-state index contributed by atoms with van der Waals surface area (Å²) in [6.07, 6.45) is -0.461. The predicted octanol–water partition coefficient (Wildman–Crippen LogP) is -0.243. The smallest absolute Gasteiger partial charge is 0.387 e. The molecule has 0 radical (unpaired) electrons. The van der Waals surface area contributed by atoms with Gasteiger partial charge in [-0.1, -0.05) is 17.0 Å². The van der Waals surface area contributed by atoms with E-state index in [4.69, 9.17) is 35.6 Å². The van der Waals surface area contributed by atoms with Gasteiger partial charge < -0.3 is 49.8 Å². The van der Waals surface area contributed by atoms with Gasteiger partial charge in [0.1, 0.15) is 43.5 Å². The van der Waals surface area contributed by atoms with Crippen molar-refractivity contribution in [3.63, 3.8) is 0 Å². The number of nitrogens with one attached hydrogen (secondary N) is 1. The number of azide groups is 1. The van der Waals surface area contributed by atoms with E-state index in [9.17, 15) is 28.3 Å². The Bertz CT molecular complexity index is 1560. The average Bonchev–Trinajstić information content (AvgIpc) is 3.45. The summed E-state index contributed by atoms with van der Waals surface area (Å²) in [6.45, 7) is -2.14. The van der Waals surface area contributed by atoms with Crippen molar-refractivity contribution in [2.24, 2.45) is 5.11 Å². The second-order valence-corrected chi connectivity index (χ2v) is 12.4. The first kappa shape index (κ1) is 33.6. The fourth-order valence-corrected chi connectivity index (χ4v) is 6.61. The molecular formula is C17H23N8O14P3. The predicted molar refractivity (Wildman–Crippen MR) is 136 cm³/mol. The maximum Gasteiger partial charge on any atom is 0.490 e. The summed E-state index contributed by atoms with van der Waals surface area (Å²) in [6, 6.07) is 0. The van der Waals surface area contributed by atoms with E-state index >= 15 is 0 Å². The number of carbonyl (C=O) groups is 1. The number of phosphoric ester groups is 1. The number of nitrogens with zero attached hydrogens (tertiary/aromatic N) is 6. The number of rotatable bonds is 13. The lowest BCUT2D eigenvalue weighted by Crippen LogP contribution is -2.29. The van der Waals surface area contributed by atoms with E-state index in [-0.39, 0.29) is 24.4 Å². The van der Waals surface area contributed by atoms with Crippen LogP contribution in [-0.4, -0.2) is 83.8 Å². The molecule has 42 heavy (non-hydrogen) atoms.